The van der Waals surface area contributed by atoms with Gasteiger partial charge in [0.2, 0.25) is 5.78 Å². The van der Waals surface area contributed by atoms with Crippen molar-refractivity contribution in [1.29, 1.82) is 0 Å². The Bertz CT molecular complexity index is 1070. The van der Waals surface area contributed by atoms with Crippen LogP contribution in [0, 0.1) is 28.6 Å². The lowest BCUT2D eigenvalue weighted by molar-refractivity contribution is -0.173. The van der Waals surface area contributed by atoms with Crippen LogP contribution in [0.1, 0.15) is 72.6 Å². The van der Waals surface area contributed by atoms with E-state index in [0.29, 0.717) is 25.7 Å². The largest absolute Gasteiger partial charge is 0.509 e. The van der Waals surface area contributed by atoms with Crippen LogP contribution in [0.4, 0.5) is 9.59 Å². The molecule has 0 N–H and O–H groups in total. The van der Waals surface area contributed by atoms with Gasteiger partial charge < -0.3 is 18.9 Å². The smallest absolute Gasteiger partial charge is 0.435 e. The van der Waals surface area contributed by atoms with E-state index in [2.05, 4.69) is 0 Å². The fraction of sp³-hybridized carbons (Fsp3) is 0.690. The SMILES string of the molecule is CCCCOC(=O)OCC(=O)[C@@]1(OC(=O)OCC)CC[C@H]2[C@@H]3CCC4=CC(=O)C=C[C@]4(C)[C@H]3C(=O)C[C@@]21C. The van der Waals surface area contributed by atoms with Crippen molar-refractivity contribution in [3.63, 3.8) is 0 Å². The Balaban J connectivity index is 1.63. The van der Waals surface area contributed by atoms with E-state index < -0.39 is 41.1 Å². The van der Waals surface area contributed by atoms with E-state index in [4.69, 9.17) is 18.9 Å². The molecular formula is C29H38O9. The van der Waals surface area contributed by atoms with Crippen LogP contribution in [0.25, 0.3) is 0 Å². The van der Waals surface area contributed by atoms with Gasteiger partial charge in [0, 0.05) is 23.2 Å². The van der Waals surface area contributed by atoms with Gasteiger partial charge in [-0.25, -0.2) is 9.59 Å². The van der Waals surface area contributed by atoms with E-state index in [1.807, 2.05) is 26.8 Å². The number of ether oxygens (including phenoxy) is 4. The second kappa shape index (κ2) is 10.7. The second-order valence-electron chi connectivity index (χ2n) is 11.3. The molecule has 38 heavy (non-hydrogen) atoms. The summed E-state index contributed by atoms with van der Waals surface area (Å²) >= 11 is 0. The van der Waals surface area contributed by atoms with Crippen molar-refractivity contribution in [3.8, 4) is 0 Å². The highest BCUT2D eigenvalue weighted by molar-refractivity contribution is 6.02. The molecular weight excluding hydrogens is 492 g/mol. The monoisotopic (exact) mass is 530 g/mol. The van der Waals surface area contributed by atoms with Crippen molar-refractivity contribution >= 4 is 29.7 Å². The third-order valence-electron chi connectivity index (χ3n) is 9.39. The zero-order valence-electron chi connectivity index (χ0n) is 22.7. The molecule has 0 aromatic rings. The topological polar surface area (TPSA) is 122 Å². The highest BCUT2D eigenvalue weighted by Crippen LogP contribution is 2.67. The number of fused-ring (bicyclic) bond motifs is 5. The van der Waals surface area contributed by atoms with Crippen molar-refractivity contribution < 1.29 is 42.9 Å². The van der Waals surface area contributed by atoms with Crippen LogP contribution < -0.4 is 0 Å². The van der Waals surface area contributed by atoms with Gasteiger partial charge in [-0.05, 0) is 63.0 Å². The first-order valence-electron chi connectivity index (χ1n) is 13.7. The number of allylic oxidation sites excluding steroid dienone is 4. The summed E-state index contributed by atoms with van der Waals surface area (Å²) in [4.78, 5) is 64.4. The van der Waals surface area contributed by atoms with Crippen molar-refractivity contribution in [3.05, 3.63) is 23.8 Å². The Morgan fingerprint density at radius 2 is 1.79 bits per heavy atom. The first-order chi connectivity index (χ1) is 18.0. The lowest BCUT2D eigenvalue weighted by Crippen LogP contribution is -2.62. The molecule has 0 heterocycles. The Kier molecular flexibility index (Phi) is 7.86. The average Bonchev–Trinajstić information content (AvgIpc) is 3.15. The zero-order valence-corrected chi connectivity index (χ0v) is 22.7. The minimum absolute atomic E-state index is 0.0210. The van der Waals surface area contributed by atoms with Crippen LogP contribution in [0.5, 0.6) is 0 Å². The molecule has 0 unspecified atom stereocenters. The standard InChI is InChI=1S/C29H38O9/c1-5-7-14-36-25(33)37-17-23(32)29(38-26(34)35-6-2)13-11-21-20-9-8-18-15-19(30)10-12-27(18,3)24(20)22(31)16-28(21,29)4/h10,12,15,20-21,24H,5-9,11,13-14,16-17H2,1-4H3/t20-,21-,24+,27-,28-,29-/m0/s1. The molecule has 0 bridgehead atoms. The van der Waals surface area contributed by atoms with Crippen molar-refractivity contribution in [2.75, 3.05) is 19.8 Å². The lowest BCUT2D eigenvalue weighted by Gasteiger charge is -2.57. The predicted octanol–water partition coefficient (Wildman–Crippen LogP) is 4.91. The van der Waals surface area contributed by atoms with Gasteiger partial charge in [0.25, 0.3) is 0 Å². The van der Waals surface area contributed by atoms with Crippen LogP contribution in [0.3, 0.4) is 0 Å². The molecule has 6 atom stereocenters. The van der Waals surface area contributed by atoms with Crippen LogP contribution in [-0.4, -0.2) is 55.1 Å². The van der Waals surface area contributed by atoms with Gasteiger partial charge in [-0.2, -0.15) is 0 Å². The Hall–Kier alpha value is -2.97. The summed E-state index contributed by atoms with van der Waals surface area (Å²) in [6.07, 6.45) is 6.77. The van der Waals surface area contributed by atoms with E-state index in [-0.39, 0.29) is 55.4 Å². The molecule has 0 saturated heterocycles. The molecule has 9 nitrogen and oxygen atoms in total. The van der Waals surface area contributed by atoms with Gasteiger partial charge in [0.05, 0.1) is 13.2 Å². The van der Waals surface area contributed by atoms with Gasteiger partial charge in [0.15, 0.2) is 18.0 Å². The summed E-state index contributed by atoms with van der Waals surface area (Å²) in [6, 6.07) is 0. The van der Waals surface area contributed by atoms with E-state index in [1.165, 1.54) is 6.08 Å². The molecule has 3 saturated carbocycles. The fourth-order valence-corrected chi connectivity index (χ4v) is 7.57. The number of carbonyl (C=O) groups excluding carboxylic acids is 5. The highest BCUT2D eigenvalue weighted by atomic mass is 16.7. The van der Waals surface area contributed by atoms with Crippen molar-refractivity contribution in [2.24, 2.45) is 28.6 Å². The molecule has 0 aromatic carbocycles. The normalized spacial score (nSPS) is 35.4. The zero-order chi connectivity index (χ0) is 27.7. The molecule has 9 heteroatoms. The quantitative estimate of drug-likeness (QED) is 0.318. The fourth-order valence-electron chi connectivity index (χ4n) is 7.57. The molecule has 208 valence electrons. The summed E-state index contributed by atoms with van der Waals surface area (Å²) < 4.78 is 21.0. The van der Waals surface area contributed by atoms with Gasteiger partial charge in [0.1, 0.15) is 5.78 Å². The van der Waals surface area contributed by atoms with E-state index in [9.17, 15) is 24.0 Å². The number of carbonyl (C=O) groups is 5. The third-order valence-corrected chi connectivity index (χ3v) is 9.39. The summed E-state index contributed by atoms with van der Waals surface area (Å²) in [5.41, 5.74) is -2.26. The van der Waals surface area contributed by atoms with Gasteiger partial charge in [-0.15, -0.1) is 0 Å². The Labute approximate surface area is 223 Å². The lowest BCUT2D eigenvalue weighted by atomic mass is 9.46. The van der Waals surface area contributed by atoms with E-state index >= 15 is 0 Å². The maximum atomic E-state index is 13.9. The van der Waals surface area contributed by atoms with Gasteiger partial charge in [-0.1, -0.05) is 38.8 Å². The van der Waals surface area contributed by atoms with Gasteiger partial charge in [-0.3, -0.25) is 14.4 Å². The first kappa shape index (κ1) is 28.0. The van der Waals surface area contributed by atoms with E-state index in [1.54, 1.807) is 13.0 Å². The van der Waals surface area contributed by atoms with Crippen LogP contribution >= 0.6 is 0 Å². The first-order valence-corrected chi connectivity index (χ1v) is 13.7. The third kappa shape index (κ3) is 4.58. The number of rotatable bonds is 8. The molecule has 0 amide bonds. The number of hydrogen-bond donors (Lipinski definition) is 0. The molecule has 4 rings (SSSR count). The van der Waals surface area contributed by atoms with Crippen LogP contribution in [0.15, 0.2) is 23.8 Å². The average molecular weight is 531 g/mol. The van der Waals surface area contributed by atoms with Crippen molar-refractivity contribution in [1.82, 2.24) is 0 Å². The second-order valence-corrected chi connectivity index (χ2v) is 11.3. The maximum Gasteiger partial charge on any atom is 0.509 e. The summed E-state index contributed by atoms with van der Waals surface area (Å²) in [7, 11) is 0. The number of unbranched alkanes of at least 4 members (excludes halogenated alkanes) is 1. The Morgan fingerprint density at radius 1 is 1.03 bits per heavy atom. The van der Waals surface area contributed by atoms with Gasteiger partial charge >= 0.3 is 12.3 Å². The highest BCUT2D eigenvalue weighted by Gasteiger charge is 2.70. The molecule has 0 spiro atoms. The Morgan fingerprint density at radius 3 is 2.50 bits per heavy atom. The molecule has 0 aliphatic heterocycles. The van der Waals surface area contributed by atoms with Crippen molar-refractivity contribution in [2.45, 2.75) is 78.2 Å². The summed E-state index contributed by atoms with van der Waals surface area (Å²) in [5, 5.41) is 0. The number of ketones is 3. The summed E-state index contributed by atoms with van der Waals surface area (Å²) in [6.45, 7) is 7.05. The predicted molar refractivity (Wildman–Crippen MR) is 135 cm³/mol. The number of Topliss-reactive ketones (excluding diaryl/α,β-unsaturated/α-hetero) is 2. The molecule has 3 fully saturated rings. The van der Waals surface area contributed by atoms with Crippen LogP contribution in [0.2, 0.25) is 0 Å². The van der Waals surface area contributed by atoms with Crippen LogP contribution in [-0.2, 0) is 33.3 Å². The maximum absolute atomic E-state index is 13.9. The molecule has 0 radical (unpaired) electrons. The molecule has 4 aliphatic rings. The minimum Gasteiger partial charge on any atom is -0.435 e. The number of hydrogen-bond acceptors (Lipinski definition) is 9. The molecule has 0 aromatic heterocycles. The minimum atomic E-state index is -1.68. The molecule has 4 aliphatic carbocycles. The summed E-state index contributed by atoms with van der Waals surface area (Å²) in [5.74, 6) is -1.15. The van der Waals surface area contributed by atoms with E-state index in [0.717, 1.165) is 12.0 Å².